The van der Waals surface area contributed by atoms with Gasteiger partial charge in [0.2, 0.25) is 0 Å². The van der Waals surface area contributed by atoms with E-state index in [2.05, 4.69) is 16.2 Å². The van der Waals surface area contributed by atoms with E-state index in [9.17, 15) is 0 Å². The molecule has 1 saturated carbocycles. The van der Waals surface area contributed by atoms with Crippen LogP contribution in [0.4, 0.5) is 0 Å². The van der Waals surface area contributed by atoms with E-state index in [1.165, 1.54) is 0 Å². The van der Waals surface area contributed by atoms with Gasteiger partial charge >= 0.3 is 0 Å². The van der Waals surface area contributed by atoms with Crippen LogP contribution in [0.5, 0.6) is 0 Å². The molecule has 2 atom stereocenters. The van der Waals surface area contributed by atoms with Crippen LogP contribution < -0.4 is 0 Å². The van der Waals surface area contributed by atoms with Gasteiger partial charge in [0, 0.05) is 0 Å². The van der Waals surface area contributed by atoms with Crippen LogP contribution in [0.25, 0.3) is 0 Å². The summed E-state index contributed by atoms with van der Waals surface area (Å²) < 4.78 is 1.67. The van der Waals surface area contributed by atoms with Crippen molar-refractivity contribution >= 4 is 0 Å². The van der Waals surface area contributed by atoms with Crippen LogP contribution in [-0.4, -0.2) is 14.8 Å². The number of nitrogens with zero attached hydrogens (tertiary/aromatic N) is 5. The largest absolute Gasteiger partial charge is 0.252 e. The van der Waals surface area contributed by atoms with E-state index in [4.69, 9.17) is 10.5 Å². The van der Waals surface area contributed by atoms with Crippen molar-refractivity contribution in [3.8, 4) is 12.1 Å². The van der Waals surface area contributed by atoms with Crippen LogP contribution in [0.15, 0.2) is 6.33 Å². The first-order valence-corrected chi connectivity index (χ1v) is 5.06. The lowest BCUT2D eigenvalue weighted by molar-refractivity contribution is 0.269. The van der Waals surface area contributed by atoms with Gasteiger partial charge in [-0.1, -0.05) is 12.8 Å². The number of rotatable bonds is 1. The Kier molecular flexibility index (Phi) is 2.64. The number of hydrogen-bond acceptors (Lipinski definition) is 4. The van der Waals surface area contributed by atoms with Crippen LogP contribution in [0, 0.1) is 28.6 Å². The van der Waals surface area contributed by atoms with Gasteiger partial charge in [-0.3, -0.25) is 0 Å². The highest BCUT2D eigenvalue weighted by Crippen LogP contribution is 2.32. The van der Waals surface area contributed by atoms with Crippen molar-refractivity contribution in [3.63, 3.8) is 0 Å². The third-order valence-electron chi connectivity index (χ3n) is 2.84. The summed E-state index contributed by atoms with van der Waals surface area (Å²) in [7, 11) is 0. The zero-order valence-corrected chi connectivity index (χ0v) is 8.30. The maximum absolute atomic E-state index is 9.01. The fraction of sp³-hybridized carbons (Fsp3) is 0.600. The quantitative estimate of drug-likeness (QED) is 0.688. The van der Waals surface area contributed by atoms with Crippen molar-refractivity contribution in [2.45, 2.75) is 31.7 Å². The molecule has 0 radical (unpaired) electrons. The molecule has 15 heavy (non-hydrogen) atoms. The van der Waals surface area contributed by atoms with Gasteiger partial charge in [-0.15, -0.1) is 5.10 Å². The van der Waals surface area contributed by atoms with Gasteiger partial charge in [-0.25, -0.2) is 9.67 Å². The van der Waals surface area contributed by atoms with Crippen LogP contribution in [0.2, 0.25) is 0 Å². The molecule has 5 nitrogen and oxygen atoms in total. The van der Waals surface area contributed by atoms with Crippen molar-refractivity contribution in [1.29, 1.82) is 10.5 Å². The topological polar surface area (TPSA) is 78.3 Å². The van der Waals surface area contributed by atoms with Crippen LogP contribution in [-0.2, 0) is 0 Å². The van der Waals surface area contributed by atoms with Crippen molar-refractivity contribution in [3.05, 3.63) is 12.2 Å². The van der Waals surface area contributed by atoms with E-state index in [0.29, 0.717) is 0 Å². The third kappa shape index (κ3) is 1.82. The summed E-state index contributed by atoms with van der Waals surface area (Å²) in [6.45, 7) is 0. The molecule has 1 aliphatic carbocycles. The molecule has 0 saturated heterocycles. The fourth-order valence-electron chi connectivity index (χ4n) is 2.06. The Hall–Kier alpha value is -1.88. The van der Waals surface area contributed by atoms with Crippen LogP contribution in [0.3, 0.4) is 0 Å². The van der Waals surface area contributed by atoms with Crippen molar-refractivity contribution < 1.29 is 0 Å². The molecule has 1 aliphatic rings. The second-order valence-electron chi connectivity index (χ2n) is 3.75. The molecule has 0 amide bonds. The van der Waals surface area contributed by atoms with Crippen molar-refractivity contribution in [1.82, 2.24) is 14.8 Å². The molecule has 2 rings (SSSR count). The summed E-state index contributed by atoms with van der Waals surface area (Å²) in [5.74, 6) is 0.184. The minimum Gasteiger partial charge on any atom is -0.247 e. The Balaban J connectivity index is 2.22. The molecule has 0 aromatic carbocycles. The van der Waals surface area contributed by atoms with Gasteiger partial charge in [-0.2, -0.15) is 10.5 Å². The first kappa shape index (κ1) is 9.67. The molecule has 1 aromatic heterocycles. The molecule has 0 spiro atoms. The zero-order chi connectivity index (χ0) is 10.7. The highest BCUT2D eigenvalue weighted by atomic mass is 15.3. The SMILES string of the molecule is N#Cc1ncn(C2CCCCC2C#N)n1. The third-order valence-corrected chi connectivity index (χ3v) is 2.84. The molecule has 0 bridgehead atoms. The number of aromatic nitrogens is 3. The molecule has 1 heterocycles. The highest BCUT2D eigenvalue weighted by molar-refractivity contribution is 5.06. The lowest BCUT2D eigenvalue weighted by atomic mass is 9.86. The average molecular weight is 201 g/mol. The van der Waals surface area contributed by atoms with E-state index in [0.717, 1.165) is 25.7 Å². The van der Waals surface area contributed by atoms with Crippen LogP contribution >= 0.6 is 0 Å². The lowest BCUT2D eigenvalue weighted by Gasteiger charge is -2.26. The van der Waals surface area contributed by atoms with Gasteiger partial charge in [0.05, 0.1) is 18.0 Å². The zero-order valence-electron chi connectivity index (χ0n) is 8.30. The Morgan fingerprint density at radius 2 is 2.13 bits per heavy atom. The maximum Gasteiger partial charge on any atom is 0.252 e. The monoisotopic (exact) mass is 201 g/mol. The first-order valence-electron chi connectivity index (χ1n) is 5.06. The standard InChI is InChI=1S/C10H11N5/c11-5-8-3-1-2-4-9(8)15-7-13-10(6-12)14-15/h7-9H,1-4H2. The molecule has 5 heteroatoms. The predicted octanol–water partition coefficient (Wildman–Crippen LogP) is 1.40. The molecule has 1 fully saturated rings. The molecule has 2 unspecified atom stereocenters. The molecule has 0 aliphatic heterocycles. The molecular weight excluding hydrogens is 190 g/mol. The van der Waals surface area contributed by atoms with Gasteiger partial charge in [-0.05, 0) is 12.8 Å². The summed E-state index contributed by atoms with van der Waals surface area (Å²) in [5, 5.41) is 21.7. The van der Waals surface area contributed by atoms with Gasteiger partial charge in [0.1, 0.15) is 12.4 Å². The van der Waals surface area contributed by atoms with E-state index in [-0.39, 0.29) is 17.8 Å². The number of hydrogen-bond donors (Lipinski definition) is 0. The molecular formula is C10H11N5. The summed E-state index contributed by atoms with van der Waals surface area (Å²) in [4.78, 5) is 3.86. The maximum atomic E-state index is 9.01. The average Bonchev–Trinajstić information content (AvgIpc) is 2.77. The molecule has 76 valence electrons. The summed E-state index contributed by atoms with van der Waals surface area (Å²) in [6.07, 6.45) is 5.65. The Morgan fingerprint density at radius 1 is 1.33 bits per heavy atom. The van der Waals surface area contributed by atoms with E-state index < -0.39 is 0 Å². The van der Waals surface area contributed by atoms with Gasteiger partial charge < -0.3 is 0 Å². The minimum absolute atomic E-state index is 0.00647. The van der Waals surface area contributed by atoms with Crippen LogP contribution in [0.1, 0.15) is 37.5 Å². The normalized spacial score (nSPS) is 25.5. The summed E-state index contributed by atoms with van der Waals surface area (Å²) in [6, 6.07) is 4.30. The van der Waals surface area contributed by atoms with Gasteiger partial charge in [0.15, 0.2) is 0 Å². The second-order valence-corrected chi connectivity index (χ2v) is 3.75. The van der Waals surface area contributed by atoms with Crippen molar-refractivity contribution in [2.24, 2.45) is 5.92 Å². The highest BCUT2D eigenvalue weighted by Gasteiger charge is 2.27. The fourth-order valence-corrected chi connectivity index (χ4v) is 2.06. The molecule has 0 N–H and O–H groups in total. The second kappa shape index (κ2) is 4.10. The Morgan fingerprint density at radius 3 is 2.80 bits per heavy atom. The van der Waals surface area contributed by atoms with E-state index in [1.807, 2.05) is 6.07 Å². The number of nitriles is 2. The minimum atomic E-state index is 0.00647. The Bertz CT molecular complexity index is 422. The van der Waals surface area contributed by atoms with E-state index >= 15 is 0 Å². The Labute approximate surface area is 88.0 Å². The van der Waals surface area contributed by atoms with Gasteiger partial charge in [0.25, 0.3) is 5.82 Å². The van der Waals surface area contributed by atoms with E-state index in [1.54, 1.807) is 11.0 Å². The lowest BCUT2D eigenvalue weighted by Crippen LogP contribution is -2.22. The first-order chi connectivity index (χ1) is 7.35. The van der Waals surface area contributed by atoms with Crippen molar-refractivity contribution in [2.75, 3.05) is 0 Å². The predicted molar refractivity (Wildman–Crippen MR) is 51.3 cm³/mol. The molecule has 1 aromatic rings. The smallest absolute Gasteiger partial charge is 0.247 e. The summed E-state index contributed by atoms with van der Waals surface area (Å²) in [5.41, 5.74) is 0. The summed E-state index contributed by atoms with van der Waals surface area (Å²) >= 11 is 0.